The molecule has 3 rings (SSSR count). The smallest absolute Gasteiger partial charge is 0.254 e. The van der Waals surface area contributed by atoms with Gasteiger partial charge >= 0.3 is 0 Å². The Morgan fingerprint density at radius 2 is 2.04 bits per heavy atom. The van der Waals surface area contributed by atoms with Gasteiger partial charge in [0.1, 0.15) is 0 Å². The molecule has 1 saturated carbocycles. The third kappa shape index (κ3) is 4.04. The Labute approximate surface area is 149 Å². The molecule has 1 aromatic carbocycles. The Bertz CT molecular complexity index is 729. The van der Waals surface area contributed by atoms with Gasteiger partial charge in [0, 0.05) is 24.2 Å². The number of carbonyl (C=O) groups is 1. The molecule has 0 radical (unpaired) electrons. The highest BCUT2D eigenvalue weighted by atomic mass is 32.2. The minimum absolute atomic E-state index is 0.00766. The minimum atomic E-state index is -3.59. The van der Waals surface area contributed by atoms with Crippen molar-refractivity contribution in [2.45, 2.75) is 56.0 Å². The summed E-state index contributed by atoms with van der Waals surface area (Å²) in [6.07, 6.45) is 4.76. The van der Waals surface area contributed by atoms with E-state index in [1.807, 2.05) is 6.92 Å². The zero-order chi connectivity index (χ0) is 18.0. The predicted molar refractivity (Wildman–Crippen MR) is 96.7 cm³/mol. The molecular weight excluding hydrogens is 338 g/mol. The molecule has 2 unspecified atom stereocenters. The van der Waals surface area contributed by atoms with Crippen molar-refractivity contribution in [3.63, 3.8) is 0 Å². The molecule has 1 aliphatic carbocycles. The molecule has 7 heteroatoms. The average Bonchev–Trinajstić information content (AvgIpc) is 3.23. The fraction of sp³-hybridized carbons (Fsp3) is 0.611. The second-order valence-corrected chi connectivity index (χ2v) is 8.99. The summed E-state index contributed by atoms with van der Waals surface area (Å²) in [5, 5.41) is 0. The van der Waals surface area contributed by atoms with Gasteiger partial charge in [0.25, 0.3) is 5.91 Å². The van der Waals surface area contributed by atoms with Crippen molar-refractivity contribution in [1.82, 2.24) is 9.62 Å². The maximum absolute atomic E-state index is 12.8. The molecular formula is C18H27N3O3S. The summed E-state index contributed by atoms with van der Waals surface area (Å²) in [5.74, 6) is 0.191. The standard InChI is InChI=1S/C18H27N3O3S/c1-13-9-14(11-19)12-21(13)18(22)15-5-4-8-17(10-15)25(23,24)20-16-6-2-3-7-16/h4-5,8,10,13-14,16,20H,2-3,6-7,9,11-12,19H2,1H3. The van der Waals surface area contributed by atoms with Gasteiger partial charge in [-0.05, 0) is 56.8 Å². The summed E-state index contributed by atoms with van der Waals surface area (Å²) in [6, 6.07) is 6.48. The molecule has 0 bridgehead atoms. The van der Waals surface area contributed by atoms with Crippen LogP contribution in [0.3, 0.4) is 0 Å². The first-order valence-electron chi connectivity index (χ1n) is 9.04. The van der Waals surface area contributed by atoms with Crippen LogP contribution >= 0.6 is 0 Å². The van der Waals surface area contributed by atoms with Crippen molar-refractivity contribution in [2.75, 3.05) is 13.1 Å². The predicted octanol–water partition coefficient (Wildman–Crippen LogP) is 1.72. The van der Waals surface area contributed by atoms with Crippen LogP contribution in [0.15, 0.2) is 29.2 Å². The summed E-state index contributed by atoms with van der Waals surface area (Å²) in [6.45, 7) is 3.21. The number of hydrogen-bond donors (Lipinski definition) is 2. The molecule has 1 aromatic rings. The number of rotatable bonds is 5. The maximum atomic E-state index is 12.8. The van der Waals surface area contributed by atoms with Crippen LogP contribution in [0.5, 0.6) is 0 Å². The molecule has 1 saturated heterocycles. The van der Waals surface area contributed by atoms with Gasteiger partial charge in [0.2, 0.25) is 10.0 Å². The van der Waals surface area contributed by atoms with Crippen molar-refractivity contribution >= 4 is 15.9 Å². The maximum Gasteiger partial charge on any atom is 0.254 e. The normalized spacial score (nSPS) is 24.8. The summed E-state index contributed by atoms with van der Waals surface area (Å²) in [7, 11) is -3.59. The first kappa shape index (κ1) is 18.4. The summed E-state index contributed by atoms with van der Waals surface area (Å²) >= 11 is 0. The molecule has 1 amide bonds. The van der Waals surface area contributed by atoms with Crippen molar-refractivity contribution in [1.29, 1.82) is 0 Å². The van der Waals surface area contributed by atoms with Gasteiger partial charge < -0.3 is 10.6 Å². The first-order valence-corrected chi connectivity index (χ1v) is 10.5. The van der Waals surface area contributed by atoms with Crippen LogP contribution in [0.4, 0.5) is 0 Å². The van der Waals surface area contributed by atoms with Gasteiger partial charge in [-0.25, -0.2) is 13.1 Å². The van der Waals surface area contributed by atoms with E-state index in [1.54, 1.807) is 23.1 Å². The van der Waals surface area contributed by atoms with E-state index in [1.165, 1.54) is 6.07 Å². The lowest BCUT2D eigenvalue weighted by Gasteiger charge is -2.22. The van der Waals surface area contributed by atoms with E-state index in [-0.39, 0.29) is 22.9 Å². The number of nitrogens with zero attached hydrogens (tertiary/aromatic N) is 1. The van der Waals surface area contributed by atoms with Crippen molar-refractivity contribution in [3.05, 3.63) is 29.8 Å². The van der Waals surface area contributed by atoms with E-state index in [9.17, 15) is 13.2 Å². The van der Waals surface area contributed by atoms with Gasteiger partial charge in [0.15, 0.2) is 0 Å². The third-order valence-corrected chi connectivity index (χ3v) is 6.84. The van der Waals surface area contributed by atoms with Gasteiger partial charge in [-0.1, -0.05) is 18.9 Å². The van der Waals surface area contributed by atoms with Crippen LogP contribution < -0.4 is 10.5 Å². The number of sulfonamides is 1. The zero-order valence-electron chi connectivity index (χ0n) is 14.6. The van der Waals surface area contributed by atoms with Gasteiger partial charge in [-0.2, -0.15) is 0 Å². The molecule has 1 heterocycles. The largest absolute Gasteiger partial charge is 0.336 e. The SMILES string of the molecule is CC1CC(CN)CN1C(=O)c1cccc(S(=O)(=O)NC2CCCC2)c1. The second-order valence-electron chi connectivity index (χ2n) is 7.27. The number of amides is 1. The molecule has 6 nitrogen and oxygen atoms in total. The van der Waals surface area contributed by atoms with Crippen LogP contribution in [0.2, 0.25) is 0 Å². The summed E-state index contributed by atoms with van der Waals surface area (Å²) in [5.41, 5.74) is 6.15. The zero-order valence-corrected chi connectivity index (χ0v) is 15.5. The van der Waals surface area contributed by atoms with Crippen molar-refractivity contribution in [2.24, 2.45) is 11.7 Å². The molecule has 0 spiro atoms. The Hall–Kier alpha value is -1.44. The third-order valence-electron chi connectivity index (χ3n) is 5.32. The number of nitrogens with one attached hydrogen (secondary N) is 1. The molecule has 2 fully saturated rings. The van der Waals surface area contributed by atoms with E-state index >= 15 is 0 Å². The number of carbonyl (C=O) groups excluding carboxylic acids is 1. The monoisotopic (exact) mass is 365 g/mol. The van der Waals surface area contributed by atoms with Crippen LogP contribution in [0, 0.1) is 5.92 Å². The Morgan fingerprint density at radius 1 is 1.32 bits per heavy atom. The fourth-order valence-corrected chi connectivity index (χ4v) is 5.24. The van der Waals surface area contributed by atoms with E-state index in [0.717, 1.165) is 32.1 Å². The van der Waals surface area contributed by atoms with Crippen molar-refractivity contribution in [3.8, 4) is 0 Å². The van der Waals surface area contributed by atoms with Crippen LogP contribution in [-0.2, 0) is 10.0 Å². The fourth-order valence-electron chi connectivity index (χ4n) is 3.89. The number of likely N-dealkylation sites (tertiary alicyclic amines) is 1. The van der Waals surface area contributed by atoms with Gasteiger partial charge in [-0.15, -0.1) is 0 Å². The van der Waals surface area contributed by atoms with Crippen LogP contribution in [0.1, 0.15) is 49.4 Å². The molecule has 2 aliphatic rings. The van der Waals surface area contributed by atoms with Crippen LogP contribution in [0.25, 0.3) is 0 Å². The molecule has 1 aliphatic heterocycles. The van der Waals surface area contributed by atoms with Crippen LogP contribution in [-0.4, -0.2) is 44.4 Å². The highest BCUT2D eigenvalue weighted by Gasteiger charge is 2.32. The Kier molecular flexibility index (Phi) is 5.46. The number of benzene rings is 1. The lowest BCUT2D eigenvalue weighted by atomic mass is 10.1. The highest BCUT2D eigenvalue weighted by molar-refractivity contribution is 7.89. The average molecular weight is 365 g/mol. The molecule has 2 atom stereocenters. The van der Waals surface area contributed by atoms with Gasteiger partial charge in [0.05, 0.1) is 4.90 Å². The number of nitrogens with two attached hydrogens (primary N) is 1. The Morgan fingerprint density at radius 3 is 2.68 bits per heavy atom. The van der Waals surface area contributed by atoms with Gasteiger partial charge in [-0.3, -0.25) is 4.79 Å². The molecule has 138 valence electrons. The highest BCUT2D eigenvalue weighted by Crippen LogP contribution is 2.25. The summed E-state index contributed by atoms with van der Waals surface area (Å²) < 4.78 is 28.0. The van der Waals surface area contributed by atoms with E-state index < -0.39 is 10.0 Å². The topological polar surface area (TPSA) is 92.5 Å². The molecule has 25 heavy (non-hydrogen) atoms. The lowest BCUT2D eigenvalue weighted by molar-refractivity contribution is 0.0743. The Balaban J connectivity index is 1.78. The quantitative estimate of drug-likeness (QED) is 0.831. The van der Waals surface area contributed by atoms with E-state index in [0.29, 0.717) is 24.6 Å². The molecule has 0 aromatic heterocycles. The lowest BCUT2D eigenvalue weighted by Crippen LogP contribution is -2.35. The summed E-state index contributed by atoms with van der Waals surface area (Å²) in [4.78, 5) is 14.8. The minimum Gasteiger partial charge on any atom is -0.336 e. The second kappa shape index (κ2) is 7.43. The van der Waals surface area contributed by atoms with E-state index in [2.05, 4.69) is 4.72 Å². The number of hydrogen-bond acceptors (Lipinski definition) is 4. The van der Waals surface area contributed by atoms with E-state index in [4.69, 9.17) is 5.73 Å². The van der Waals surface area contributed by atoms with Crippen molar-refractivity contribution < 1.29 is 13.2 Å². The molecule has 3 N–H and O–H groups in total. The first-order chi connectivity index (χ1) is 11.9.